The molecule has 1 aromatic rings. The Balaban J connectivity index is 2.22. The number of carbonyl (C=O) groups excluding carboxylic acids is 5. The summed E-state index contributed by atoms with van der Waals surface area (Å²) in [6, 6.07) is 4.43. The highest BCUT2D eigenvalue weighted by Gasteiger charge is 2.48. The molecule has 0 bridgehead atoms. The van der Waals surface area contributed by atoms with E-state index < -0.39 is 58.8 Å². The lowest BCUT2D eigenvalue weighted by Gasteiger charge is -2.30. The maximum atomic E-state index is 13.1. The molecule has 1 aliphatic rings. The maximum absolute atomic E-state index is 13.1. The lowest BCUT2D eigenvalue weighted by molar-refractivity contribution is -0.153. The summed E-state index contributed by atoms with van der Waals surface area (Å²) in [5.41, 5.74) is 18.0. The van der Waals surface area contributed by atoms with E-state index in [2.05, 4.69) is 0 Å². The molecule has 1 heterocycles. The van der Waals surface area contributed by atoms with E-state index in [1.807, 2.05) is 6.07 Å². The molecule has 10 nitrogen and oxygen atoms in total. The van der Waals surface area contributed by atoms with Crippen molar-refractivity contribution in [3.05, 3.63) is 35.9 Å². The number of rotatable bonds is 8. The number of nitrogens with zero attached hydrogens (tertiary/aromatic N) is 2. The number of imide groups is 2. The molecule has 12 heteroatoms. The SMILES string of the molecule is CC(N)C(=O)N(C(=O)C(C)N)C(C)C(=O)C1SC(=S)N(C(=O)C(N)Cc2ccccc2)C1=O. The normalized spacial score (nSPS) is 19.6. The second kappa shape index (κ2) is 11.1. The quantitative estimate of drug-likeness (QED) is 0.311. The Hall–Kier alpha value is -2.51. The largest absolute Gasteiger partial charge is 0.320 e. The number of nitrogens with two attached hydrogens (primary N) is 3. The van der Waals surface area contributed by atoms with Crippen molar-refractivity contribution in [2.24, 2.45) is 17.2 Å². The number of Topliss-reactive ketones (excluding diaryl/α,β-unsaturated/α-hetero) is 1. The lowest BCUT2D eigenvalue weighted by Crippen LogP contribution is -2.58. The van der Waals surface area contributed by atoms with Gasteiger partial charge >= 0.3 is 0 Å². The van der Waals surface area contributed by atoms with Gasteiger partial charge in [0.25, 0.3) is 11.8 Å². The van der Waals surface area contributed by atoms with Crippen LogP contribution in [0.1, 0.15) is 26.3 Å². The highest BCUT2D eigenvalue weighted by Crippen LogP contribution is 2.30. The van der Waals surface area contributed by atoms with Crippen molar-refractivity contribution in [2.45, 2.75) is 56.6 Å². The molecule has 1 saturated heterocycles. The summed E-state index contributed by atoms with van der Waals surface area (Å²) in [6.45, 7) is 4.02. The second-order valence-corrected chi connectivity index (χ2v) is 9.51. The molecular weight excluding hydrogens is 466 g/mol. The molecule has 1 aromatic carbocycles. The first kappa shape index (κ1) is 26.7. The standard InChI is InChI=1S/C21H27N5O5S2/c1-10(22)17(28)25(18(29)11(2)23)12(3)15(27)16-20(31)26(21(32)33-16)19(30)14(24)9-13-7-5-4-6-8-13/h4-8,10-12,14,16H,9,22-24H2,1-3H3. The van der Waals surface area contributed by atoms with Crippen molar-refractivity contribution in [2.75, 3.05) is 0 Å². The number of carbonyl (C=O) groups is 5. The van der Waals surface area contributed by atoms with Crippen LogP contribution in [0.3, 0.4) is 0 Å². The van der Waals surface area contributed by atoms with Gasteiger partial charge in [0.15, 0.2) is 15.4 Å². The number of hydrogen-bond acceptors (Lipinski definition) is 10. The fourth-order valence-corrected chi connectivity index (χ4v) is 4.66. The number of ketones is 1. The Morgan fingerprint density at radius 2 is 1.55 bits per heavy atom. The lowest BCUT2D eigenvalue weighted by atomic mass is 10.0. The van der Waals surface area contributed by atoms with Crippen LogP contribution in [0.5, 0.6) is 0 Å². The van der Waals surface area contributed by atoms with Crippen molar-refractivity contribution in [1.29, 1.82) is 0 Å². The molecule has 0 saturated carbocycles. The average molecular weight is 494 g/mol. The van der Waals surface area contributed by atoms with Gasteiger partial charge in [0.05, 0.1) is 24.2 Å². The summed E-state index contributed by atoms with van der Waals surface area (Å²) in [4.78, 5) is 65.3. The summed E-state index contributed by atoms with van der Waals surface area (Å²) in [7, 11) is 0. The van der Waals surface area contributed by atoms with Crippen LogP contribution in [0.25, 0.3) is 0 Å². The zero-order valence-corrected chi connectivity index (χ0v) is 20.1. The molecule has 5 atom stereocenters. The molecule has 5 unspecified atom stereocenters. The number of thiocarbonyl (C=S) groups is 1. The minimum atomic E-state index is -1.41. The van der Waals surface area contributed by atoms with Crippen molar-refractivity contribution in [3.63, 3.8) is 0 Å². The summed E-state index contributed by atoms with van der Waals surface area (Å²) in [6.07, 6.45) is 0.172. The second-order valence-electron chi connectivity index (χ2n) is 7.77. The Labute approximate surface area is 201 Å². The van der Waals surface area contributed by atoms with E-state index in [4.69, 9.17) is 29.4 Å². The third-order valence-corrected chi connectivity index (χ3v) is 6.52. The molecule has 4 amide bonds. The van der Waals surface area contributed by atoms with Crippen LogP contribution >= 0.6 is 24.0 Å². The predicted molar refractivity (Wildman–Crippen MR) is 128 cm³/mol. The molecule has 0 aliphatic carbocycles. The van der Waals surface area contributed by atoms with Crippen molar-refractivity contribution >= 4 is 57.7 Å². The molecular formula is C21H27N5O5S2. The van der Waals surface area contributed by atoms with Gasteiger partial charge in [0.1, 0.15) is 0 Å². The fourth-order valence-electron chi connectivity index (χ4n) is 3.19. The Morgan fingerprint density at radius 3 is 2.03 bits per heavy atom. The monoisotopic (exact) mass is 493 g/mol. The van der Waals surface area contributed by atoms with E-state index in [0.717, 1.165) is 5.56 Å². The number of thioether (sulfide) groups is 1. The van der Waals surface area contributed by atoms with E-state index >= 15 is 0 Å². The molecule has 1 fully saturated rings. The number of benzene rings is 1. The van der Waals surface area contributed by atoms with E-state index in [1.54, 1.807) is 24.3 Å². The van der Waals surface area contributed by atoms with Gasteiger partial charge in [-0.05, 0) is 32.8 Å². The van der Waals surface area contributed by atoms with E-state index in [1.165, 1.54) is 20.8 Å². The van der Waals surface area contributed by atoms with E-state index in [0.29, 0.717) is 21.6 Å². The third-order valence-electron chi connectivity index (χ3n) is 4.99. The first-order valence-electron chi connectivity index (χ1n) is 10.2. The van der Waals surface area contributed by atoms with Crippen LogP contribution in [-0.2, 0) is 30.4 Å². The molecule has 0 aromatic heterocycles. The zero-order chi connectivity index (χ0) is 25.0. The Bertz CT molecular complexity index is 949. The van der Waals surface area contributed by atoms with Gasteiger partial charge in [-0.25, -0.2) is 4.90 Å². The fraction of sp³-hybridized carbons (Fsp3) is 0.429. The van der Waals surface area contributed by atoms with Crippen molar-refractivity contribution in [3.8, 4) is 0 Å². The van der Waals surface area contributed by atoms with Gasteiger partial charge in [-0.15, -0.1) is 0 Å². The Morgan fingerprint density at radius 1 is 1.03 bits per heavy atom. The van der Waals surface area contributed by atoms with Gasteiger partial charge in [-0.2, -0.15) is 0 Å². The van der Waals surface area contributed by atoms with Crippen LogP contribution in [-0.4, -0.2) is 72.9 Å². The smallest absolute Gasteiger partial charge is 0.256 e. The predicted octanol–water partition coefficient (Wildman–Crippen LogP) is -0.681. The van der Waals surface area contributed by atoms with Gasteiger partial charge in [0.2, 0.25) is 11.8 Å². The molecule has 178 valence electrons. The van der Waals surface area contributed by atoms with Gasteiger partial charge < -0.3 is 17.2 Å². The molecule has 2 rings (SSSR count). The van der Waals surface area contributed by atoms with Crippen molar-refractivity contribution in [1.82, 2.24) is 9.80 Å². The van der Waals surface area contributed by atoms with Gasteiger partial charge in [-0.1, -0.05) is 54.3 Å². The summed E-state index contributed by atoms with van der Waals surface area (Å²) in [5.74, 6) is -4.00. The summed E-state index contributed by atoms with van der Waals surface area (Å²) in [5, 5.41) is -1.41. The highest BCUT2D eigenvalue weighted by molar-refractivity contribution is 8.24. The highest BCUT2D eigenvalue weighted by atomic mass is 32.2. The van der Waals surface area contributed by atoms with Crippen LogP contribution in [0, 0.1) is 0 Å². The Kier molecular flexibility index (Phi) is 8.97. The van der Waals surface area contributed by atoms with Crippen LogP contribution in [0.2, 0.25) is 0 Å². The van der Waals surface area contributed by atoms with Crippen molar-refractivity contribution < 1.29 is 24.0 Å². The van der Waals surface area contributed by atoms with Gasteiger partial charge in [0, 0.05) is 0 Å². The molecule has 6 N–H and O–H groups in total. The van der Waals surface area contributed by atoms with Gasteiger partial charge in [-0.3, -0.25) is 28.9 Å². The van der Waals surface area contributed by atoms with Crippen LogP contribution in [0.15, 0.2) is 30.3 Å². The summed E-state index contributed by atoms with van der Waals surface area (Å²) < 4.78 is -0.123. The maximum Gasteiger partial charge on any atom is 0.256 e. The topological polar surface area (TPSA) is 170 Å². The first-order chi connectivity index (χ1) is 15.4. The van der Waals surface area contributed by atoms with E-state index in [9.17, 15) is 24.0 Å². The molecule has 1 aliphatic heterocycles. The number of hydrogen-bond donors (Lipinski definition) is 3. The van der Waals surface area contributed by atoms with Crippen LogP contribution < -0.4 is 17.2 Å². The molecule has 33 heavy (non-hydrogen) atoms. The minimum absolute atomic E-state index is 0.123. The molecule has 0 radical (unpaired) electrons. The minimum Gasteiger partial charge on any atom is -0.320 e. The van der Waals surface area contributed by atoms with E-state index in [-0.39, 0.29) is 10.7 Å². The number of amides is 4. The third kappa shape index (κ3) is 5.89. The summed E-state index contributed by atoms with van der Waals surface area (Å²) >= 11 is 5.86. The average Bonchev–Trinajstić information content (AvgIpc) is 3.06. The molecule has 0 spiro atoms. The zero-order valence-electron chi connectivity index (χ0n) is 18.5. The van der Waals surface area contributed by atoms with Crippen LogP contribution in [0.4, 0.5) is 0 Å². The first-order valence-corrected chi connectivity index (χ1v) is 11.5.